The molecule has 20 heavy (non-hydrogen) atoms. The molecule has 0 N–H and O–H groups in total. The average molecular weight is 283 g/mol. The van der Waals surface area contributed by atoms with Crippen molar-refractivity contribution in [2.45, 2.75) is 58.3 Å². The molecule has 0 aliphatic carbocycles. The van der Waals surface area contributed by atoms with Gasteiger partial charge in [-0.2, -0.15) is 0 Å². The molecule has 2 aliphatic rings. The zero-order valence-corrected chi connectivity index (χ0v) is 13.7. The van der Waals surface area contributed by atoms with Crippen LogP contribution in [-0.2, 0) is 14.3 Å². The lowest BCUT2D eigenvalue weighted by atomic mass is 9.84. The van der Waals surface area contributed by atoms with E-state index in [1.165, 1.54) is 0 Å². The average Bonchev–Trinajstić information content (AvgIpc) is 2.49. The number of methoxy groups -OCH3 is 1. The summed E-state index contributed by atoms with van der Waals surface area (Å²) in [6.45, 7) is 12.8. The number of hydrogen-bond donors (Lipinski definition) is 0. The Morgan fingerprint density at radius 3 is 2.50 bits per heavy atom. The lowest BCUT2D eigenvalue weighted by Gasteiger charge is -2.38. The molecule has 2 aliphatic heterocycles. The molecule has 3 unspecified atom stereocenters. The third-order valence-electron chi connectivity index (χ3n) is 4.98. The van der Waals surface area contributed by atoms with Gasteiger partial charge in [-0.1, -0.05) is 6.92 Å². The second kappa shape index (κ2) is 5.39. The first-order chi connectivity index (χ1) is 9.17. The van der Waals surface area contributed by atoms with Crippen molar-refractivity contribution in [3.8, 4) is 0 Å². The summed E-state index contributed by atoms with van der Waals surface area (Å²) in [6.07, 6.45) is 1.40. The Balaban J connectivity index is 2.04. The SMILES string of the molecule is COC1CN(CC2C(=O)C(C)(C)OC2(C)C)CCC1C. The molecule has 2 saturated heterocycles. The zero-order valence-electron chi connectivity index (χ0n) is 13.7. The third-order valence-corrected chi connectivity index (χ3v) is 4.98. The minimum Gasteiger partial charge on any atom is -0.380 e. The van der Waals surface area contributed by atoms with Crippen molar-refractivity contribution >= 4 is 5.78 Å². The Morgan fingerprint density at radius 2 is 2.00 bits per heavy atom. The standard InChI is InChI=1S/C16H29NO3/c1-11-7-8-17(10-13(11)19-6)9-12-14(18)16(4,5)20-15(12,2)3/h11-13H,7-10H2,1-6H3. The fourth-order valence-corrected chi connectivity index (χ4v) is 3.65. The molecule has 0 aromatic rings. The first kappa shape index (κ1) is 15.9. The van der Waals surface area contributed by atoms with Gasteiger partial charge < -0.3 is 9.47 Å². The van der Waals surface area contributed by atoms with E-state index in [4.69, 9.17) is 9.47 Å². The van der Waals surface area contributed by atoms with E-state index in [0.29, 0.717) is 5.92 Å². The predicted molar refractivity (Wildman–Crippen MR) is 78.8 cm³/mol. The molecule has 2 rings (SSSR count). The fraction of sp³-hybridized carbons (Fsp3) is 0.938. The quantitative estimate of drug-likeness (QED) is 0.795. The van der Waals surface area contributed by atoms with E-state index in [9.17, 15) is 4.79 Å². The van der Waals surface area contributed by atoms with E-state index < -0.39 is 5.60 Å². The van der Waals surface area contributed by atoms with Crippen molar-refractivity contribution in [1.82, 2.24) is 4.90 Å². The second-order valence-electron chi connectivity index (χ2n) is 7.43. The number of nitrogens with zero attached hydrogens (tertiary/aromatic N) is 1. The van der Waals surface area contributed by atoms with Gasteiger partial charge in [0.25, 0.3) is 0 Å². The Bertz CT molecular complexity index is 378. The maximum atomic E-state index is 12.5. The van der Waals surface area contributed by atoms with Gasteiger partial charge in [0.2, 0.25) is 0 Å². The van der Waals surface area contributed by atoms with Crippen molar-refractivity contribution in [1.29, 1.82) is 0 Å². The highest BCUT2D eigenvalue weighted by atomic mass is 16.5. The summed E-state index contributed by atoms with van der Waals surface area (Å²) in [7, 11) is 1.78. The number of piperidine rings is 1. The molecule has 116 valence electrons. The van der Waals surface area contributed by atoms with Gasteiger partial charge in [-0.3, -0.25) is 9.69 Å². The lowest BCUT2D eigenvalue weighted by Crippen LogP contribution is -2.49. The van der Waals surface area contributed by atoms with E-state index in [2.05, 4.69) is 11.8 Å². The summed E-state index contributed by atoms with van der Waals surface area (Å²) in [4.78, 5) is 14.9. The molecular formula is C16H29NO3. The summed E-state index contributed by atoms with van der Waals surface area (Å²) < 4.78 is 11.5. The zero-order chi connectivity index (χ0) is 15.1. The van der Waals surface area contributed by atoms with Crippen molar-refractivity contribution < 1.29 is 14.3 Å². The molecule has 0 saturated carbocycles. The predicted octanol–water partition coefficient (Wildman–Crippen LogP) is 2.12. The van der Waals surface area contributed by atoms with Gasteiger partial charge in [-0.15, -0.1) is 0 Å². The van der Waals surface area contributed by atoms with Gasteiger partial charge in [0.1, 0.15) is 5.60 Å². The molecule has 2 fully saturated rings. The van der Waals surface area contributed by atoms with Crippen LogP contribution in [0.4, 0.5) is 0 Å². The monoisotopic (exact) mass is 283 g/mol. The van der Waals surface area contributed by atoms with Crippen LogP contribution >= 0.6 is 0 Å². The maximum Gasteiger partial charge on any atom is 0.171 e. The fourth-order valence-electron chi connectivity index (χ4n) is 3.65. The molecule has 0 radical (unpaired) electrons. The number of carbonyl (C=O) groups excluding carboxylic acids is 1. The van der Waals surface area contributed by atoms with E-state index in [0.717, 1.165) is 26.1 Å². The number of likely N-dealkylation sites (tertiary alicyclic amines) is 1. The van der Waals surface area contributed by atoms with Crippen LogP contribution < -0.4 is 0 Å². The summed E-state index contributed by atoms with van der Waals surface area (Å²) >= 11 is 0. The summed E-state index contributed by atoms with van der Waals surface area (Å²) in [5, 5.41) is 0. The molecular weight excluding hydrogens is 254 g/mol. The van der Waals surface area contributed by atoms with Crippen LogP contribution in [-0.4, -0.2) is 54.7 Å². The van der Waals surface area contributed by atoms with Crippen LogP contribution in [0.1, 0.15) is 41.0 Å². The first-order valence-corrected chi connectivity index (χ1v) is 7.67. The number of hydrogen-bond acceptors (Lipinski definition) is 4. The number of ether oxygens (including phenoxy) is 2. The molecule has 4 heteroatoms. The van der Waals surface area contributed by atoms with Gasteiger partial charge in [-0.05, 0) is 46.6 Å². The molecule has 0 aromatic heterocycles. The Labute approximate surface area is 122 Å². The largest absolute Gasteiger partial charge is 0.380 e. The van der Waals surface area contributed by atoms with Crippen LogP contribution in [0.15, 0.2) is 0 Å². The number of ketones is 1. The van der Waals surface area contributed by atoms with E-state index in [1.807, 2.05) is 27.7 Å². The van der Waals surface area contributed by atoms with E-state index >= 15 is 0 Å². The topological polar surface area (TPSA) is 38.8 Å². The van der Waals surface area contributed by atoms with Crippen LogP contribution in [0.2, 0.25) is 0 Å². The Morgan fingerprint density at radius 1 is 1.35 bits per heavy atom. The smallest absolute Gasteiger partial charge is 0.171 e. The Kier molecular flexibility index (Phi) is 4.30. The molecule has 0 spiro atoms. The minimum atomic E-state index is -0.655. The van der Waals surface area contributed by atoms with Crippen molar-refractivity contribution in [3.63, 3.8) is 0 Å². The Hall–Kier alpha value is -0.450. The normalized spacial score (nSPS) is 37.3. The van der Waals surface area contributed by atoms with Gasteiger partial charge >= 0.3 is 0 Å². The third kappa shape index (κ3) is 2.92. The number of rotatable bonds is 3. The first-order valence-electron chi connectivity index (χ1n) is 7.67. The van der Waals surface area contributed by atoms with Gasteiger partial charge in [-0.25, -0.2) is 0 Å². The van der Waals surface area contributed by atoms with Gasteiger partial charge in [0.05, 0.1) is 17.6 Å². The molecule has 0 aromatic carbocycles. The molecule has 4 nitrogen and oxygen atoms in total. The minimum absolute atomic E-state index is 0.0524. The van der Waals surface area contributed by atoms with Crippen LogP contribution in [0.5, 0.6) is 0 Å². The molecule has 0 amide bonds. The van der Waals surface area contributed by atoms with Crippen LogP contribution in [0.3, 0.4) is 0 Å². The maximum absolute atomic E-state index is 12.5. The van der Waals surface area contributed by atoms with Crippen molar-refractivity contribution in [3.05, 3.63) is 0 Å². The highest BCUT2D eigenvalue weighted by molar-refractivity contribution is 5.91. The highest BCUT2D eigenvalue weighted by Gasteiger charge is 2.53. The second-order valence-corrected chi connectivity index (χ2v) is 7.43. The summed E-state index contributed by atoms with van der Waals surface area (Å²) in [5.74, 6) is 0.773. The molecule has 0 bridgehead atoms. The summed E-state index contributed by atoms with van der Waals surface area (Å²) in [6, 6.07) is 0. The summed E-state index contributed by atoms with van der Waals surface area (Å²) in [5.41, 5.74) is -1.04. The van der Waals surface area contributed by atoms with Gasteiger partial charge in [0.15, 0.2) is 5.78 Å². The van der Waals surface area contributed by atoms with Crippen molar-refractivity contribution in [2.75, 3.05) is 26.7 Å². The lowest BCUT2D eigenvalue weighted by molar-refractivity contribution is -0.132. The van der Waals surface area contributed by atoms with Crippen molar-refractivity contribution in [2.24, 2.45) is 11.8 Å². The van der Waals surface area contributed by atoms with Crippen LogP contribution in [0.25, 0.3) is 0 Å². The number of Topliss-reactive ketones (excluding diaryl/α,β-unsaturated/α-hetero) is 1. The van der Waals surface area contributed by atoms with E-state index in [-0.39, 0.29) is 23.4 Å². The molecule has 2 heterocycles. The van der Waals surface area contributed by atoms with Crippen LogP contribution in [0, 0.1) is 11.8 Å². The highest BCUT2D eigenvalue weighted by Crippen LogP contribution is 2.39. The van der Waals surface area contributed by atoms with Gasteiger partial charge in [0, 0.05) is 20.2 Å². The van der Waals surface area contributed by atoms with E-state index in [1.54, 1.807) is 7.11 Å². The number of carbonyl (C=O) groups is 1. The molecule has 3 atom stereocenters.